The molecule has 1 N–H and O–H groups in total. The van der Waals surface area contributed by atoms with Gasteiger partial charge in [-0.3, -0.25) is 9.20 Å². The van der Waals surface area contributed by atoms with Gasteiger partial charge in [-0.05, 0) is 30.2 Å². The van der Waals surface area contributed by atoms with E-state index in [1.807, 2.05) is 42.6 Å². The first-order chi connectivity index (χ1) is 11.5. The Labute approximate surface area is 148 Å². The number of fused-ring (bicyclic) bond motifs is 1. The summed E-state index contributed by atoms with van der Waals surface area (Å²) < 4.78 is 1.86. The first-order valence-electron chi connectivity index (χ1n) is 7.39. The molecule has 6 nitrogen and oxygen atoms in total. The van der Waals surface area contributed by atoms with Crippen LogP contribution < -0.4 is 5.32 Å². The lowest BCUT2D eigenvalue weighted by Crippen LogP contribution is -2.33. The molecule has 0 fully saturated rings. The second kappa shape index (κ2) is 6.75. The van der Waals surface area contributed by atoms with Crippen LogP contribution in [0.5, 0.6) is 0 Å². The van der Waals surface area contributed by atoms with E-state index in [2.05, 4.69) is 20.5 Å². The summed E-state index contributed by atoms with van der Waals surface area (Å²) in [7, 11) is 0. The number of nitrogens with zero attached hydrogens (tertiary/aromatic N) is 4. The maximum atomic E-state index is 12.6. The number of hydrogen-bond acceptors (Lipinski definition) is 4. The number of rotatable bonds is 4. The van der Waals surface area contributed by atoms with Gasteiger partial charge in [0.2, 0.25) is 0 Å². The molecular formula is C16H15Cl2N5O. The van der Waals surface area contributed by atoms with Crippen molar-refractivity contribution >= 4 is 34.8 Å². The van der Waals surface area contributed by atoms with Gasteiger partial charge in [0.1, 0.15) is 10.3 Å². The number of carbonyl (C=O) groups is 1. The Morgan fingerprint density at radius 2 is 1.88 bits per heavy atom. The zero-order valence-electron chi connectivity index (χ0n) is 13.1. The molecule has 0 saturated heterocycles. The molecule has 0 aliphatic rings. The number of hydrogen-bond donors (Lipinski definition) is 1. The van der Waals surface area contributed by atoms with E-state index in [1.165, 1.54) is 12.1 Å². The average molecular weight is 364 g/mol. The van der Waals surface area contributed by atoms with Gasteiger partial charge in [0.15, 0.2) is 11.5 Å². The van der Waals surface area contributed by atoms with E-state index in [0.717, 1.165) is 5.65 Å². The summed E-state index contributed by atoms with van der Waals surface area (Å²) in [5, 5.41) is 11.7. The number of nitrogens with one attached hydrogen (secondary N) is 1. The van der Waals surface area contributed by atoms with Crippen molar-refractivity contribution in [2.24, 2.45) is 5.92 Å². The Morgan fingerprint density at radius 3 is 2.54 bits per heavy atom. The van der Waals surface area contributed by atoms with Gasteiger partial charge in [-0.15, -0.1) is 10.2 Å². The van der Waals surface area contributed by atoms with Crippen LogP contribution in [0.1, 0.15) is 36.1 Å². The van der Waals surface area contributed by atoms with Crippen LogP contribution in [-0.2, 0) is 0 Å². The minimum atomic E-state index is -0.319. The Hall–Kier alpha value is -2.18. The number of carbonyl (C=O) groups excluding carboxylic acids is 1. The second-order valence-corrected chi connectivity index (χ2v) is 6.46. The fourth-order valence-corrected chi connectivity index (χ4v) is 2.88. The van der Waals surface area contributed by atoms with Gasteiger partial charge in [-0.25, -0.2) is 4.98 Å². The molecule has 0 aliphatic carbocycles. The molecule has 1 atom stereocenters. The fraction of sp³-hybridized carbons (Fsp3) is 0.250. The van der Waals surface area contributed by atoms with Crippen LogP contribution in [0.3, 0.4) is 0 Å². The summed E-state index contributed by atoms with van der Waals surface area (Å²) in [6, 6.07) is 8.27. The summed E-state index contributed by atoms with van der Waals surface area (Å²) in [5.41, 5.74) is 1.07. The predicted molar refractivity (Wildman–Crippen MR) is 92.3 cm³/mol. The highest BCUT2D eigenvalue weighted by molar-refractivity contribution is 6.33. The molecule has 24 heavy (non-hydrogen) atoms. The van der Waals surface area contributed by atoms with Crippen molar-refractivity contribution in [1.82, 2.24) is 24.9 Å². The van der Waals surface area contributed by atoms with Crippen LogP contribution >= 0.6 is 23.2 Å². The molecule has 3 aromatic heterocycles. The zero-order valence-corrected chi connectivity index (χ0v) is 14.6. The molecule has 0 radical (unpaired) electrons. The zero-order chi connectivity index (χ0) is 17.3. The number of halogens is 2. The molecule has 1 amide bonds. The number of aromatic nitrogens is 4. The molecule has 0 spiro atoms. The van der Waals surface area contributed by atoms with Gasteiger partial charge in [-0.1, -0.05) is 43.1 Å². The molecule has 0 aromatic carbocycles. The molecule has 3 heterocycles. The van der Waals surface area contributed by atoms with Crippen LogP contribution in [0.4, 0.5) is 0 Å². The topological polar surface area (TPSA) is 72.2 Å². The van der Waals surface area contributed by atoms with Crippen LogP contribution in [-0.4, -0.2) is 25.5 Å². The quantitative estimate of drug-likeness (QED) is 0.719. The molecule has 0 unspecified atom stereocenters. The maximum Gasteiger partial charge on any atom is 0.252 e. The van der Waals surface area contributed by atoms with Crippen molar-refractivity contribution in [2.75, 3.05) is 0 Å². The standard InChI is InChI=1S/C16H15Cl2N5O/c1-9(2)14(15-22-21-13-5-3-4-6-23(13)15)20-16(24)10-7-11(17)19-12(18)8-10/h3-9,14H,1-2H3,(H,20,24)/t14-/m0/s1. The Balaban J connectivity index is 1.93. The molecule has 0 aliphatic heterocycles. The van der Waals surface area contributed by atoms with E-state index in [9.17, 15) is 4.79 Å². The van der Waals surface area contributed by atoms with E-state index in [1.54, 1.807) is 0 Å². The van der Waals surface area contributed by atoms with Crippen molar-refractivity contribution in [3.63, 3.8) is 0 Å². The van der Waals surface area contributed by atoms with Crippen LogP contribution in [0.15, 0.2) is 36.5 Å². The van der Waals surface area contributed by atoms with Gasteiger partial charge in [0.25, 0.3) is 5.91 Å². The molecule has 3 aromatic rings. The van der Waals surface area contributed by atoms with Crippen LogP contribution in [0.25, 0.3) is 5.65 Å². The van der Waals surface area contributed by atoms with Crippen molar-refractivity contribution in [3.8, 4) is 0 Å². The molecule has 0 saturated carbocycles. The Morgan fingerprint density at radius 1 is 1.17 bits per heavy atom. The van der Waals surface area contributed by atoms with Crippen molar-refractivity contribution in [3.05, 3.63) is 58.2 Å². The normalized spacial score (nSPS) is 12.5. The monoisotopic (exact) mass is 363 g/mol. The van der Waals surface area contributed by atoms with Gasteiger partial charge in [0.05, 0.1) is 6.04 Å². The van der Waals surface area contributed by atoms with Gasteiger partial charge in [0, 0.05) is 11.8 Å². The lowest BCUT2D eigenvalue weighted by atomic mass is 10.0. The largest absolute Gasteiger partial charge is 0.342 e. The SMILES string of the molecule is CC(C)[C@H](NC(=O)c1cc(Cl)nc(Cl)c1)c1nnc2ccccn12. The fourth-order valence-electron chi connectivity index (χ4n) is 2.42. The summed E-state index contributed by atoms with van der Waals surface area (Å²) in [6.07, 6.45) is 1.87. The van der Waals surface area contributed by atoms with E-state index in [0.29, 0.717) is 11.4 Å². The molecular weight excluding hydrogens is 349 g/mol. The van der Waals surface area contributed by atoms with Gasteiger partial charge >= 0.3 is 0 Å². The Kier molecular flexibility index (Phi) is 4.69. The third kappa shape index (κ3) is 3.34. The lowest BCUT2D eigenvalue weighted by Gasteiger charge is -2.21. The second-order valence-electron chi connectivity index (χ2n) is 5.68. The van der Waals surface area contributed by atoms with Gasteiger partial charge in [-0.2, -0.15) is 0 Å². The highest BCUT2D eigenvalue weighted by atomic mass is 35.5. The summed E-state index contributed by atoms with van der Waals surface area (Å²) in [5.74, 6) is 0.474. The summed E-state index contributed by atoms with van der Waals surface area (Å²) in [6.45, 7) is 4.00. The van der Waals surface area contributed by atoms with E-state index >= 15 is 0 Å². The number of amides is 1. The van der Waals surface area contributed by atoms with Crippen molar-refractivity contribution < 1.29 is 4.79 Å². The van der Waals surface area contributed by atoms with E-state index in [4.69, 9.17) is 23.2 Å². The summed E-state index contributed by atoms with van der Waals surface area (Å²) in [4.78, 5) is 16.4. The smallest absolute Gasteiger partial charge is 0.252 e. The first kappa shape index (κ1) is 16.7. The third-order valence-corrected chi connectivity index (χ3v) is 3.98. The lowest BCUT2D eigenvalue weighted by molar-refractivity contribution is 0.0922. The van der Waals surface area contributed by atoms with E-state index < -0.39 is 0 Å². The minimum Gasteiger partial charge on any atom is -0.342 e. The van der Waals surface area contributed by atoms with Crippen molar-refractivity contribution in [2.45, 2.75) is 19.9 Å². The molecule has 124 valence electrons. The number of pyridine rings is 2. The highest BCUT2D eigenvalue weighted by Gasteiger charge is 2.24. The average Bonchev–Trinajstić information content (AvgIpc) is 2.95. The highest BCUT2D eigenvalue weighted by Crippen LogP contribution is 2.22. The van der Waals surface area contributed by atoms with Gasteiger partial charge < -0.3 is 5.32 Å². The predicted octanol–water partition coefficient (Wildman–Crippen LogP) is 3.56. The Bertz CT molecular complexity index is 873. The third-order valence-electron chi connectivity index (χ3n) is 3.60. The van der Waals surface area contributed by atoms with Crippen molar-refractivity contribution in [1.29, 1.82) is 0 Å². The van der Waals surface area contributed by atoms with Crippen LogP contribution in [0.2, 0.25) is 10.3 Å². The molecule has 0 bridgehead atoms. The van der Waals surface area contributed by atoms with E-state index in [-0.39, 0.29) is 28.2 Å². The minimum absolute atomic E-state index is 0.106. The maximum absolute atomic E-state index is 12.6. The molecule has 8 heteroatoms. The first-order valence-corrected chi connectivity index (χ1v) is 8.15. The van der Waals surface area contributed by atoms with Crippen LogP contribution in [0, 0.1) is 5.92 Å². The molecule has 3 rings (SSSR count). The summed E-state index contributed by atoms with van der Waals surface area (Å²) >= 11 is 11.7.